The molecule has 0 aliphatic rings. The summed E-state index contributed by atoms with van der Waals surface area (Å²) in [6.07, 6.45) is 0.769. The van der Waals surface area contributed by atoms with Crippen molar-refractivity contribution in [3.05, 3.63) is 33.8 Å². The number of aryl methyl sites for hydroxylation is 1. The molecule has 88 valence electrons. The minimum atomic E-state index is 0.0137. The molecule has 0 saturated heterocycles. The van der Waals surface area contributed by atoms with Gasteiger partial charge in [-0.05, 0) is 31.0 Å². The number of carbonyl (C=O) groups is 1. The highest BCUT2D eigenvalue weighted by atomic mass is 79.9. The van der Waals surface area contributed by atoms with Crippen molar-refractivity contribution in [1.82, 2.24) is 0 Å². The summed E-state index contributed by atoms with van der Waals surface area (Å²) < 4.78 is 5.99. The van der Waals surface area contributed by atoms with E-state index in [0.717, 1.165) is 22.0 Å². The lowest BCUT2D eigenvalue weighted by atomic mass is 9.94. The fourth-order valence-electron chi connectivity index (χ4n) is 1.59. The van der Waals surface area contributed by atoms with Crippen LogP contribution in [-0.2, 0) is 4.74 Å². The maximum absolute atomic E-state index is 12.1. The lowest BCUT2D eigenvalue weighted by Gasteiger charge is -2.11. The topological polar surface area (TPSA) is 26.3 Å². The minimum Gasteiger partial charge on any atom is -0.385 e. The third-order valence-corrected chi connectivity index (χ3v) is 3.15. The fourth-order valence-corrected chi connectivity index (χ4v) is 2.07. The highest BCUT2D eigenvalue weighted by Crippen LogP contribution is 2.20. The van der Waals surface area contributed by atoms with Crippen LogP contribution in [0.3, 0.4) is 0 Å². The fraction of sp³-hybridized carbons (Fsp3) is 0.462. The van der Waals surface area contributed by atoms with Gasteiger partial charge in [0.25, 0.3) is 0 Å². The molecule has 0 saturated carbocycles. The number of ketones is 1. The molecule has 0 aromatic heterocycles. The van der Waals surface area contributed by atoms with Gasteiger partial charge in [-0.15, -0.1) is 0 Å². The smallest absolute Gasteiger partial charge is 0.166 e. The molecule has 1 aromatic rings. The Hall–Kier alpha value is -0.670. The van der Waals surface area contributed by atoms with Crippen molar-refractivity contribution in [2.75, 3.05) is 13.7 Å². The third kappa shape index (κ3) is 3.42. The van der Waals surface area contributed by atoms with Gasteiger partial charge in [0.2, 0.25) is 0 Å². The van der Waals surface area contributed by atoms with Crippen LogP contribution >= 0.6 is 15.9 Å². The van der Waals surface area contributed by atoms with E-state index >= 15 is 0 Å². The predicted molar refractivity (Wildman–Crippen MR) is 68.9 cm³/mol. The summed E-state index contributed by atoms with van der Waals surface area (Å²) in [6, 6.07) is 5.75. The first-order valence-corrected chi connectivity index (χ1v) is 6.15. The van der Waals surface area contributed by atoms with Gasteiger partial charge < -0.3 is 4.74 Å². The number of rotatable bonds is 5. The molecule has 0 amide bonds. The minimum absolute atomic E-state index is 0.0137. The van der Waals surface area contributed by atoms with Crippen molar-refractivity contribution in [2.45, 2.75) is 20.3 Å². The van der Waals surface area contributed by atoms with Crippen LogP contribution in [0.2, 0.25) is 0 Å². The predicted octanol–water partition coefficient (Wildman–Crippen LogP) is 3.61. The van der Waals surface area contributed by atoms with Gasteiger partial charge in [0.05, 0.1) is 0 Å². The van der Waals surface area contributed by atoms with Crippen LogP contribution in [0.15, 0.2) is 22.7 Å². The molecule has 0 radical (unpaired) electrons. The van der Waals surface area contributed by atoms with Crippen LogP contribution in [0.5, 0.6) is 0 Å². The lowest BCUT2D eigenvalue weighted by Crippen LogP contribution is -2.14. The Labute approximate surface area is 105 Å². The average Bonchev–Trinajstić information content (AvgIpc) is 2.25. The van der Waals surface area contributed by atoms with Crippen LogP contribution in [0.4, 0.5) is 0 Å². The van der Waals surface area contributed by atoms with E-state index in [2.05, 4.69) is 15.9 Å². The van der Waals surface area contributed by atoms with Crippen LogP contribution < -0.4 is 0 Å². The number of hydrogen-bond donors (Lipinski definition) is 0. The zero-order valence-electron chi connectivity index (χ0n) is 9.92. The molecule has 0 aliphatic heterocycles. The Morgan fingerprint density at radius 3 is 2.75 bits per heavy atom. The van der Waals surface area contributed by atoms with Crippen molar-refractivity contribution >= 4 is 21.7 Å². The maximum atomic E-state index is 12.1. The second kappa shape index (κ2) is 6.16. The van der Waals surface area contributed by atoms with Gasteiger partial charge in [-0.2, -0.15) is 0 Å². The largest absolute Gasteiger partial charge is 0.385 e. The summed E-state index contributed by atoms with van der Waals surface area (Å²) in [6.45, 7) is 4.53. The van der Waals surface area contributed by atoms with Crippen molar-refractivity contribution in [3.63, 3.8) is 0 Å². The zero-order chi connectivity index (χ0) is 12.1. The monoisotopic (exact) mass is 284 g/mol. The zero-order valence-corrected chi connectivity index (χ0v) is 11.5. The Kier molecular flexibility index (Phi) is 5.16. The molecule has 3 heteroatoms. The molecule has 0 spiro atoms. The normalized spacial score (nSPS) is 12.5. The van der Waals surface area contributed by atoms with Crippen molar-refractivity contribution in [1.29, 1.82) is 0 Å². The van der Waals surface area contributed by atoms with Gasteiger partial charge in [-0.3, -0.25) is 4.79 Å². The van der Waals surface area contributed by atoms with E-state index < -0.39 is 0 Å². The lowest BCUT2D eigenvalue weighted by molar-refractivity contribution is 0.0893. The number of carbonyl (C=O) groups excluding carboxylic acids is 1. The van der Waals surface area contributed by atoms with E-state index in [4.69, 9.17) is 4.74 Å². The van der Waals surface area contributed by atoms with E-state index in [-0.39, 0.29) is 11.7 Å². The molecule has 0 aliphatic carbocycles. The Balaban J connectivity index is 2.79. The van der Waals surface area contributed by atoms with E-state index in [1.807, 2.05) is 32.0 Å². The van der Waals surface area contributed by atoms with Gasteiger partial charge in [0.1, 0.15) is 0 Å². The molecule has 0 fully saturated rings. The first kappa shape index (κ1) is 13.4. The summed E-state index contributed by atoms with van der Waals surface area (Å²) in [5.74, 6) is 0.210. The van der Waals surface area contributed by atoms with E-state index in [1.54, 1.807) is 7.11 Å². The number of hydrogen-bond acceptors (Lipinski definition) is 2. The summed E-state index contributed by atoms with van der Waals surface area (Å²) in [4.78, 5) is 12.1. The third-order valence-electron chi connectivity index (χ3n) is 2.66. The molecule has 16 heavy (non-hydrogen) atoms. The van der Waals surface area contributed by atoms with E-state index in [0.29, 0.717) is 6.61 Å². The van der Waals surface area contributed by atoms with E-state index in [1.165, 1.54) is 0 Å². The average molecular weight is 285 g/mol. The van der Waals surface area contributed by atoms with Gasteiger partial charge in [-0.25, -0.2) is 0 Å². The summed E-state index contributed by atoms with van der Waals surface area (Å²) in [5, 5.41) is 0. The molecule has 0 heterocycles. The Bertz CT molecular complexity index is 374. The van der Waals surface area contributed by atoms with E-state index in [9.17, 15) is 4.79 Å². The first-order valence-electron chi connectivity index (χ1n) is 5.35. The molecular weight excluding hydrogens is 268 g/mol. The number of halogens is 1. The molecule has 1 aromatic carbocycles. The van der Waals surface area contributed by atoms with Crippen molar-refractivity contribution in [3.8, 4) is 0 Å². The van der Waals surface area contributed by atoms with Crippen LogP contribution in [-0.4, -0.2) is 19.5 Å². The van der Waals surface area contributed by atoms with Crippen molar-refractivity contribution < 1.29 is 9.53 Å². The second-order valence-electron chi connectivity index (χ2n) is 4.01. The van der Waals surface area contributed by atoms with Crippen LogP contribution in [0, 0.1) is 12.8 Å². The summed E-state index contributed by atoms with van der Waals surface area (Å²) >= 11 is 3.39. The van der Waals surface area contributed by atoms with Gasteiger partial charge in [0, 0.05) is 29.7 Å². The Morgan fingerprint density at radius 2 is 2.19 bits per heavy atom. The van der Waals surface area contributed by atoms with Crippen molar-refractivity contribution in [2.24, 2.45) is 5.92 Å². The highest BCUT2D eigenvalue weighted by molar-refractivity contribution is 9.10. The van der Waals surface area contributed by atoms with Crippen LogP contribution in [0.25, 0.3) is 0 Å². The molecule has 1 atom stereocenters. The SMILES string of the molecule is COCCC(C)C(=O)c1ccc(Br)cc1C. The number of methoxy groups -OCH3 is 1. The summed E-state index contributed by atoms with van der Waals surface area (Å²) in [5.41, 5.74) is 1.83. The maximum Gasteiger partial charge on any atom is 0.166 e. The number of benzene rings is 1. The molecule has 0 bridgehead atoms. The quantitative estimate of drug-likeness (QED) is 0.772. The number of Topliss-reactive ketones (excluding diaryl/α,β-unsaturated/α-hetero) is 1. The molecule has 1 unspecified atom stereocenters. The number of ether oxygens (including phenoxy) is 1. The van der Waals surface area contributed by atoms with Gasteiger partial charge in [0.15, 0.2) is 5.78 Å². The van der Waals surface area contributed by atoms with Crippen LogP contribution in [0.1, 0.15) is 29.3 Å². The summed E-state index contributed by atoms with van der Waals surface area (Å²) in [7, 11) is 1.65. The van der Waals surface area contributed by atoms with Gasteiger partial charge in [-0.1, -0.05) is 28.9 Å². The molecule has 0 N–H and O–H groups in total. The van der Waals surface area contributed by atoms with Gasteiger partial charge >= 0.3 is 0 Å². The standard InChI is InChI=1S/C13H17BrO2/c1-9(6-7-16-3)13(15)12-5-4-11(14)8-10(12)2/h4-5,8-9H,6-7H2,1-3H3. The highest BCUT2D eigenvalue weighted by Gasteiger charge is 2.16. The molecular formula is C13H17BrO2. The first-order chi connectivity index (χ1) is 7.56. The molecule has 2 nitrogen and oxygen atoms in total. The Morgan fingerprint density at radius 1 is 1.50 bits per heavy atom. The second-order valence-corrected chi connectivity index (χ2v) is 4.92. The molecule has 1 rings (SSSR count).